The van der Waals surface area contributed by atoms with Gasteiger partial charge in [0.15, 0.2) is 0 Å². The topological polar surface area (TPSA) is 80.1 Å². The zero-order valence-electron chi connectivity index (χ0n) is 16.6. The van der Waals surface area contributed by atoms with Gasteiger partial charge in [-0.2, -0.15) is 5.10 Å². The third-order valence-corrected chi connectivity index (χ3v) is 6.95. The van der Waals surface area contributed by atoms with Gasteiger partial charge in [-0.15, -0.1) is 22.7 Å². The smallest absolute Gasteiger partial charge is 0.262 e. The maximum atomic E-state index is 12.7. The molecule has 0 unspecified atom stereocenters. The summed E-state index contributed by atoms with van der Waals surface area (Å²) in [6, 6.07) is 9.10. The van der Waals surface area contributed by atoms with Gasteiger partial charge in [0.25, 0.3) is 5.91 Å². The second-order valence-electron chi connectivity index (χ2n) is 7.00. The predicted octanol–water partition coefficient (Wildman–Crippen LogP) is 3.33. The van der Waals surface area contributed by atoms with E-state index in [0.717, 1.165) is 31.1 Å². The highest BCUT2D eigenvalue weighted by Crippen LogP contribution is 2.27. The molecule has 1 aromatic carbocycles. The van der Waals surface area contributed by atoms with Crippen molar-refractivity contribution in [1.82, 2.24) is 25.0 Å². The third kappa shape index (κ3) is 3.75. The van der Waals surface area contributed by atoms with Crippen LogP contribution in [0.3, 0.4) is 0 Å². The maximum absolute atomic E-state index is 12.7. The molecule has 3 aromatic heterocycles. The van der Waals surface area contributed by atoms with Crippen molar-refractivity contribution in [2.45, 2.75) is 26.4 Å². The lowest BCUT2D eigenvalue weighted by Gasteiger charge is -2.21. The van der Waals surface area contributed by atoms with Gasteiger partial charge in [0, 0.05) is 19.5 Å². The fraction of sp³-hybridized carbons (Fsp3) is 0.300. The van der Waals surface area contributed by atoms with Crippen LogP contribution in [-0.2, 0) is 18.4 Å². The van der Waals surface area contributed by atoms with Gasteiger partial charge in [-0.25, -0.2) is 4.98 Å². The number of nitrogens with one attached hydrogen (secondary N) is 1. The zero-order valence-corrected chi connectivity index (χ0v) is 18.2. The van der Waals surface area contributed by atoms with Gasteiger partial charge < -0.3 is 10.2 Å². The lowest BCUT2D eigenvalue weighted by molar-refractivity contribution is -0.132. The Bertz CT molecular complexity index is 1150. The van der Waals surface area contributed by atoms with Crippen molar-refractivity contribution in [3.05, 3.63) is 45.9 Å². The van der Waals surface area contributed by atoms with Crippen molar-refractivity contribution in [1.29, 1.82) is 0 Å². The molecule has 150 valence electrons. The van der Waals surface area contributed by atoms with E-state index in [1.807, 2.05) is 44.3 Å². The lowest BCUT2D eigenvalue weighted by atomic mass is 10.2. The molecule has 0 fully saturated rings. The van der Waals surface area contributed by atoms with Crippen LogP contribution in [0.1, 0.15) is 27.3 Å². The Morgan fingerprint density at radius 3 is 2.76 bits per heavy atom. The average Bonchev–Trinajstić information content (AvgIpc) is 3.36. The largest absolute Gasteiger partial charge is 0.340 e. The minimum atomic E-state index is -0.633. The molecule has 0 spiro atoms. The van der Waals surface area contributed by atoms with Gasteiger partial charge in [-0.3, -0.25) is 14.3 Å². The van der Waals surface area contributed by atoms with Gasteiger partial charge in [0.05, 0.1) is 27.3 Å². The Balaban J connectivity index is 1.42. The van der Waals surface area contributed by atoms with E-state index in [2.05, 4.69) is 15.4 Å². The Morgan fingerprint density at radius 2 is 2.03 bits per heavy atom. The first kappa shape index (κ1) is 19.5. The predicted molar refractivity (Wildman–Crippen MR) is 116 cm³/mol. The van der Waals surface area contributed by atoms with Crippen LogP contribution in [0.5, 0.6) is 0 Å². The summed E-state index contributed by atoms with van der Waals surface area (Å²) in [6.45, 7) is 4.03. The fourth-order valence-corrected chi connectivity index (χ4v) is 5.29. The summed E-state index contributed by atoms with van der Waals surface area (Å²) in [6.07, 6.45) is 0. The minimum Gasteiger partial charge on any atom is -0.340 e. The molecule has 7 nitrogen and oxygen atoms in total. The number of benzene rings is 1. The van der Waals surface area contributed by atoms with Crippen molar-refractivity contribution in [2.24, 2.45) is 7.05 Å². The number of likely N-dealkylation sites (N-methyl/N-ethyl adjacent to an activating group) is 1. The van der Waals surface area contributed by atoms with Crippen LogP contribution < -0.4 is 5.32 Å². The van der Waals surface area contributed by atoms with Gasteiger partial charge in [0.2, 0.25) is 5.91 Å². The van der Waals surface area contributed by atoms with Crippen molar-refractivity contribution >= 4 is 54.9 Å². The molecule has 0 saturated carbocycles. The van der Waals surface area contributed by atoms with E-state index in [9.17, 15) is 9.59 Å². The van der Waals surface area contributed by atoms with E-state index >= 15 is 0 Å². The number of aryl methyl sites for hydroxylation is 2. The highest BCUT2D eigenvalue weighted by Gasteiger charge is 2.23. The van der Waals surface area contributed by atoms with Crippen molar-refractivity contribution < 1.29 is 9.59 Å². The number of para-hydroxylation sites is 1. The van der Waals surface area contributed by atoms with Crippen molar-refractivity contribution in [2.75, 3.05) is 7.05 Å². The van der Waals surface area contributed by atoms with Gasteiger partial charge >= 0.3 is 0 Å². The first-order valence-electron chi connectivity index (χ1n) is 9.17. The first-order valence-corrected chi connectivity index (χ1v) is 10.8. The summed E-state index contributed by atoms with van der Waals surface area (Å²) < 4.78 is 2.87. The highest BCUT2D eigenvalue weighted by atomic mass is 32.1. The first-order chi connectivity index (χ1) is 13.8. The van der Waals surface area contributed by atoms with Crippen LogP contribution in [-0.4, -0.2) is 44.6 Å². The molecule has 2 amide bonds. The quantitative estimate of drug-likeness (QED) is 0.530. The Labute approximate surface area is 176 Å². The normalized spacial score (nSPS) is 12.4. The molecular weight excluding hydrogens is 406 g/mol. The Morgan fingerprint density at radius 1 is 1.28 bits per heavy atom. The van der Waals surface area contributed by atoms with Crippen LogP contribution in [0, 0.1) is 6.92 Å². The molecule has 9 heteroatoms. The van der Waals surface area contributed by atoms with Crippen LogP contribution in [0.25, 0.3) is 20.4 Å². The number of carbonyl (C=O) groups is 2. The van der Waals surface area contributed by atoms with Gasteiger partial charge in [-0.1, -0.05) is 12.1 Å². The highest BCUT2D eigenvalue weighted by molar-refractivity contribution is 7.20. The third-order valence-electron chi connectivity index (χ3n) is 4.72. The van der Waals surface area contributed by atoms with Crippen LogP contribution in [0.4, 0.5) is 0 Å². The summed E-state index contributed by atoms with van der Waals surface area (Å²) in [5.74, 6) is -0.406. The summed E-state index contributed by atoms with van der Waals surface area (Å²) >= 11 is 2.95. The van der Waals surface area contributed by atoms with Crippen molar-refractivity contribution in [3.8, 4) is 0 Å². The Kier molecular flexibility index (Phi) is 5.10. The lowest BCUT2D eigenvalue weighted by Crippen LogP contribution is -2.45. The summed E-state index contributed by atoms with van der Waals surface area (Å²) in [5.41, 5.74) is 1.82. The number of carbonyl (C=O) groups excluding carboxylic acids is 2. The van der Waals surface area contributed by atoms with Crippen LogP contribution in [0.15, 0.2) is 30.3 Å². The summed E-state index contributed by atoms with van der Waals surface area (Å²) in [5, 5.41) is 9.00. The number of hydrogen-bond donors (Lipinski definition) is 1. The average molecular weight is 428 g/mol. The molecule has 29 heavy (non-hydrogen) atoms. The number of fused-ring (bicyclic) bond motifs is 2. The SMILES string of the molecule is Cc1nn(C)c2sc(C(=O)N[C@@H](C)C(=O)N(C)Cc3nc4ccccc4s3)cc12. The number of nitrogens with zero attached hydrogens (tertiary/aromatic N) is 4. The summed E-state index contributed by atoms with van der Waals surface area (Å²) in [7, 11) is 3.59. The molecule has 0 aliphatic carbocycles. The zero-order chi connectivity index (χ0) is 20.7. The molecule has 1 atom stereocenters. The molecule has 1 N–H and O–H groups in total. The molecule has 3 heterocycles. The number of amides is 2. The van der Waals surface area contributed by atoms with Crippen LogP contribution >= 0.6 is 22.7 Å². The second-order valence-corrected chi connectivity index (χ2v) is 9.15. The fourth-order valence-electron chi connectivity index (χ4n) is 3.25. The van der Waals surface area contributed by atoms with E-state index in [0.29, 0.717) is 11.4 Å². The molecule has 0 bridgehead atoms. The van der Waals surface area contributed by atoms with E-state index in [1.165, 1.54) is 11.3 Å². The van der Waals surface area contributed by atoms with E-state index < -0.39 is 6.04 Å². The van der Waals surface area contributed by atoms with E-state index in [4.69, 9.17) is 0 Å². The number of thiazole rings is 1. The molecule has 0 saturated heterocycles. The van der Waals surface area contributed by atoms with Gasteiger partial charge in [0.1, 0.15) is 15.9 Å². The number of rotatable bonds is 5. The monoisotopic (exact) mass is 427 g/mol. The maximum Gasteiger partial charge on any atom is 0.262 e. The molecule has 4 rings (SSSR count). The molecule has 0 aliphatic heterocycles. The van der Waals surface area contributed by atoms with E-state index in [1.54, 1.807) is 34.9 Å². The second kappa shape index (κ2) is 7.57. The molecule has 0 aliphatic rings. The van der Waals surface area contributed by atoms with Gasteiger partial charge in [-0.05, 0) is 32.0 Å². The van der Waals surface area contributed by atoms with E-state index in [-0.39, 0.29) is 11.8 Å². The number of thiophene rings is 1. The van der Waals surface area contributed by atoms with Crippen molar-refractivity contribution in [3.63, 3.8) is 0 Å². The van der Waals surface area contributed by atoms with Crippen LogP contribution in [0.2, 0.25) is 0 Å². The standard InChI is InChI=1S/C20H21N5O2S2/c1-11-13-9-16(29-20(13)25(4)23-11)18(26)21-12(2)19(27)24(3)10-17-22-14-7-5-6-8-15(14)28-17/h5-9,12H,10H2,1-4H3,(H,21,26)/t12-/m0/s1. The molecular formula is C20H21N5O2S2. The summed E-state index contributed by atoms with van der Waals surface area (Å²) in [4.78, 5) is 33.1. The number of aromatic nitrogens is 3. The minimum absolute atomic E-state index is 0.156. The Hall–Kier alpha value is -2.78. The molecule has 0 radical (unpaired) electrons. The molecule has 4 aromatic rings. The number of hydrogen-bond acceptors (Lipinski definition) is 6.